The molecule has 0 spiro atoms. The fraction of sp³-hybridized carbons (Fsp3) is 0.500. The predicted octanol–water partition coefficient (Wildman–Crippen LogP) is 1.29. The van der Waals surface area contributed by atoms with E-state index in [9.17, 15) is 8.42 Å². The molecule has 0 fully saturated rings. The van der Waals surface area contributed by atoms with Crippen LogP contribution in [-0.4, -0.2) is 31.5 Å². The molecule has 0 aliphatic heterocycles. The molecular weight excluding hydrogens is 214 g/mol. The molecule has 1 aromatic rings. The van der Waals surface area contributed by atoms with Gasteiger partial charge in [-0.05, 0) is 18.6 Å². The maximum Gasteiger partial charge on any atom is 0.153 e. The molecule has 1 heterocycles. The van der Waals surface area contributed by atoms with Crippen LogP contribution in [0.4, 0.5) is 0 Å². The van der Waals surface area contributed by atoms with E-state index in [1.807, 2.05) is 6.92 Å². The fourth-order valence-electron chi connectivity index (χ4n) is 1.13. The fourth-order valence-corrected chi connectivity index (χ4v) is 2.30. The third-order valence-electron chi connectivity index (χ3n) is 1.81. The number of pyridine rings is 1. The van der Waals surface area contributed by atoms with Crippen molar-refractivity contribution >= 4 is 9.84 Å². The minimum atomic E-state index is -2.95. The van der Waals surface area contributed by atoms with Crippen molar-refractivity contribution in [3.8, 4) is 5.75 Å². The maximum absolute atomic E-state index is 11.3. The third-order valence-corrected chi connectivity index (χ3v) is 3.63. The number of ether oxygens (including phenoxy) is 1. The maximum atomic E-state index is 11.3. The molecule has 0 bridgehead atoms. The van der Waals surface area contributed by atoms with E-state index >= 15 is 0 Å². The normalized spacial score (nSPS) is 11.3. The summed E-state index contributed by atoms with van der Waals surface area (Å²) in [4.78, 5) is 3.86. The molecule has 0 aliphatic carbocycles. The molecule has 15 heavy (non-hydrogen) atoms. The molecule has 0 aromatic carbocycles. The first-order valence-electron chi connectivity index (χ1n) is 4.87. The Morgan fingerprint density at radius 1 is 1.40 bits per heavy atom. The Balaban J connectivity index is 2.34. The number of aromatic nitrogens is 1. The Kier molecular flexibility index (Phi) is 4.55. The van der Waals surface area contributed by atoms with Gasteiger partial charge in [0.25, 0.3) is 0 Å². The van der Waals surface area contributed by atoms with Gasteiger partial charge in [0.05, 0.1) is 17.7 Å². The van der Waals surface area contributed by atoms with Gasteiger partial charge in [0.1, 0.15) is 12.4 Å². The summed E-state index contributed by atoms with van der Waals surface area (Å²) in [7, 11) is -2.95. The zero-order chi connectivity index (χ0) is 11.1. The highest BCUT2D eigenvalue weighted by molar-refractivity contribution is 7.91. The first kappa shape index (κ1) is 12.0. The lowest BCUT2D eigenvalue weighted by atomic mass is 10.5. The van der Waals surface area contributed by atoms with Gasteiger partial charge in [-0.15, -0.1) is 0 Å². The van der Waals surface area contributed by atoms with Gasteiger partial charge in [-0.2, -0.15) is 0 Å². The van der Waals surface area contributed by atoms with Crippen molar-refractivity contribution in [2.75, 3.05) is 18.1 Å². The Bertz CT molecular complexity index is 375. The molecule has 4 nitrogen and oxygen atoms in total. The van der Waals surface area contributed by atoms with Crippen molar-refractivity contribution in [3.63, 3.8) is 0 Å². The standard InChI is InChI=1S/C10H15NO3S/c1-2-7-15(12,13)8-6-14-10-4-3-5-11-9-10/h3-5,9H,2,6-8H2,1H3. The number of hydrogen-bond acceptors (Lipinski definition) is 4. The van der Waals surface area contributed by atoms with Crippen LogP contribution in [0.2, 0.25) is 0 Å². The van der Waals surface area contributed by atoms with E-state index in [1.54, 1.807) is 24.5 Å². The lowest BCUT2D eigenvalue weighted by Gasteiger charge is -2.05. The predicted molar refractivity (Wildman–Crippen MR) is 58.7 cm³/mol. The number of sulfone groups is 1. The van der Waals surface area contributed by atoms with E-state index in [0.29, 0.717) is 12.2 Å². The van der Waals surface area contributed by atoms with Gasteiger partial charge in [-0.3, -0.25) is 4.98 Å². The molecule has 0 unspecified atom stereocenters. The van der Waals surface area contributed by atoms with Crippen molar-refractivity contribution in [2.24, 2.45) is 0 Å². The zero-order valence-corrected chi connectivity index (χ0v) is 9.53. The van der Waals surface area contributed by atoms with Crippen LogP contribution in [0.25, 0.3) is 0 Å². The van der Waals surface area contributed by atoms with Crippen molar-refractivity contribution in [3.05, 3.63) is 24.5 Å². The van der Waals surface area contributed by atoms with Crippen LogP contribution in [0, 0.1) is 0 Å². The molecule has 1 rings (SSSR count). The molecule has 0 N–H and O–H groups in total. The largest absolute Gasteiger partial charge is 0.491 e. The third kappa shape index (κ3) is 4.78. The van der Waals surface area contributed by atoms with Crippen LogP contribution in [0.3, 0.4) is 0 Å². The van der Waals surface area contributed by atoms with E-state index < -0.39 is 9.84 Å². The van der Waals surface area contributed by atoms with E-state index in [1.165, 1.54) is 0 Å². The molecule has 0 saturated carbocycles. The highest BCUT2D eigenvalue weighted by Crippen LogP contribution is 2.06. The second-order valence-electron chi connectivity index (χ2n) is 3.19. The number of hydrogen-bond donors (Lipinski definition) is 0. The Labute approximate surface area is 90.2 Å². The molecule has 0 aliphatic rings. The summed E-state index contributed by atoms with van der Waals surface area (Å²) in [5.74, 6) is 0.892. The lowest BCUT2D eigenvalue weighted by Crippen LogP contribution is -2.16. The molecule has 0 saturated heterocycles. The molecule has 0 radical (unpaired) electrons. The van der Waals surface area contributed by atoms with Gasteiger partial charge in [0, 0.05) is 6.20 Å². The van der Waals surface area contributed by atoms with Gasteiger partial charge in [0.2, 0.25) is 0 Å². The first-order valence-corrected chi connectivity index (χ1v) is 6.69. The summed E-state index contributed by atoms with van der Waals surface area (Å²) >= 11 is 0. The highest BCUT2D eigenvalue weighted by atomic mass is 32.2. The van der Waals surface area contributed by atoms with Gasteiger partial charge in [-0.25, -0.2) is 8.42 Å². The number of nitrogens with zero attached hydrogens (tertiary/aromatic N) is 1. The first-order chi connectivity index (χ1) is 7.14. The molecule has 1 aromatic heterocycles. The van der Waals surface area contributed by atoms with Gasteiger partial charge in [0.15, 0.2) is 9.84 Å². The quantitative estimate of drug-likeness (QED) is 0.737. The lowest BCUT2D eigenvalue weighted by molar-refractivity contribution is 0.339. The summed E-state index contributed by atoms with van der Waals surface area (Å²) in [6, 6.07) is 3.50. The Hall–Kier alpha value is -1.10. The molecule has 5 heteroatoms. The minimum absolute atomic E-state index is 0.0652. The molecule has 0 amide bonds. The monoisotopic (exact) mass is 229 g/mol. The van der Waals surface area contributed by atoms with Crippen LogP contribution in [-0.2, 0) is 9.84 Å². The average molecular weight is 229 g/mol. The molecule has 84 valence electrons. The van der Waals surface area contributed by atoms with Crippen molar-refractivity contribution in [1.29, 1.82) is 0 Å². The number of rotatable bonds is 6. The Morgan fingerprint density at radius 2 is 2.20 bits per heavy atom. The molecule has 0 atom stereocenters. The topological polar surface area (TPSA) is 56.3 Å². The van der Waals surface area contributed by atoms with Gasteiger partial charge < -0.3 is 4.74 Å². The summed E-state index contributed by atoms with van der Waals surface area (Å²) in [5.41, 5.74) is 0. The van der Waals surface area contributed by atoms with Crippen LogP contribution >= 0.6 is 0 Å². The van der Waals surface area contributed by atoms with E-state index in [0.717, 1.165) is 0 Å². The SMILES string of the molecule is CCCS(=O)(=O)CCOc1cccnc1. The summed E-state index contributed by atoms with van der Waals surface area (Å²) in [6.07, 6.45) is 3.85. The summed E-state index contributed by atoms with van der Waals surface area (Å²) in [5, 5.41) is 0. The van der Waals surface area contributed by atoms with Crippen LogP contribution in [0.5, 0.6) is 5.75 Å². The van der Waals surface area contributed by atoms with E-state index in [-0.39, 0.29) is 18.1 Å². The minimum Gasteiger partial charge on any atom is -0.491 e. The summed E-state index contributed by atoms with van der Waals surface area (Å²) in [6.45, 7) is 2.04. The van der Waals surface area contributed by atoms with Crippen molar-refractivity contribution in [1.82, 2.24) is 4.98 Å². The Morgan fingerprint density at radius 3 is 2.80 bits per heavy atom. The smallest absolute Gasteiger partial charge is 0.153 e. The van der Waals surface area contributed by atoms with E-state index in [4.69, 9.17) is 4.74 Å². The molecular formula is C10H15NO3S. The average Bonchev–Trinajstić information content (AvgIpc) is 2.19. The van der Waals surface area contributed by atoms with Gasteiger partial charge in [-0.1, -0.05) is 6.92 Å². The van der Waals surface area contributed by atoms with Crippen LogP contribution < -0.4 is 4.74 Å². The van der Waals surface area contributed by atoms with E-state index in [2.05, 4.69) is 4.98 Å². The van der Waals surface area contributed by atoms with Crippen molar-refractivity contribution in [2.45, 2.75) is 13.3 Å². The zero-order valence-electron chi connectivity index (χ0n) is 8.72. The second-order valence-corrected chi connectivity index (χ2v) is 5.49. The van der Waals surface area contributed by atoms with Crippen LogP contribution in [0.1, 0.15) is 13.3 Å². The second kappa shape index (κ2) is 5.70. The van der Waals surface area contributed by atoms with Gasteiger partial charge >= 0.3 is 0 Å². The summed E-state index contributed by atoms with van der Waals surface area (Å²) < 4.78 is 27.9. The highest BCUT2D eigenvalue weighted by Gasteiger charge is 2.08. The van der Waals surface area contributed by atoms with Crippen molar-refractivity contribution < 1.29 is 13.2 Å². The van der Waals surface area contributed by atoms with Crippen LogP contribution in [0.15, 0.2) is 24.5 Å².